The van der Waals surface area contributed by atoms with Gasteiger partial charge in [-0.05, 0) is 24.7 Å². The van der Waals surface area contributed by atoms with Crippen LogP contribution in [0.5, 0.6) is 0 Å². The van der Waals surface area contributed by atoms with Crippen molar-refractivity contribution in [2.75, 3.05) is 0 Å². The van der Waals surface area contributed by atoms with Crippen molar-refractivity contribution in [2.24, 2.45) is 5.41 Å². The summed E-state index contributed by atoms with van der Waals surface area (Å²) >= 11 is 0. The van der Waals surface area contributed by atoms with E-state index >= 15 is 0 Å². The van der Waals surface area contributed by atoms with Crippen molar-refractivity contribution in [1.82, 2.24) is 20.3 Å². The number of hydrogen-bond donors (Lipinski definition) is 2. The lowest BCUT2D eigenvalue weighted by molar-refractivity contribution is -0.123. The number of carbonyl (C=O) groups excluding carboxylic acids is 1. The summed E-state index contributed by atoms with van der Waals surface area (Å²) in [5.41, 5.74) is 0.108. The number of rotatable bonds is 4. The molecular weight excluding hydrogens is 260 g/mol. The summed E-state index contributed by atoms with van der Waals surface area (Å²) in [5.74, 6) is -1.31. The van der Waals surface area contributed by atoms with Gasteiger partial charge in [-0.15, -0.1) is 5.10 Å². The Bertz CT molecular complexity index is 509. The maximum atomic E-state index is 11.9. The minimum Gasteiger partial charge on any atom is -0.476 e. The van der Waals surface area contributed by atoms with Gasteiger partial charge in [0.25, 0.3) is 0 Å². The minimum atomic E-state index is -1.15. The van der Waals surface area contributed by atoms with E-state index < -0.39 is 5.97 Å². The molecule has 1 saturated carbocycles. The monoisotopic (exact) mass is 280 g/mol. The molecule has 0 aromatic carbocycles. The van der Waals surface area contributed by atoms with E-state index in [1.165, 1.54) is 17.3 Å². The van der Waals surface area contributed by atoms with Gasteiger partial charge in [-0.1, -0.05) is 25.5 Å². The molecule has 2 rings (SSSR count). The average molecular weight is 280 g/mol. The van der Waals surface area contributed by atoms with Crippen LogP contribution in [0, 0.1) is 5.41 Å². The summed E-state index contributed by atoms with van der Waals surface area (Å²) in [6.07, 6.45) is 5.52. The number of carboxylic acids is 1. The van der Waals surface area contributed by atoms with Crippen LogP contribution in [0.3, 0.4) is 0 Å². The molecule has 1 aliphatic rings. The molecule has 110 valence electrons. The zero-order valence-electron chi connectivity index (χ0n) is 11.8. The molecule has 7 nitrogen and oxygen atoms in total. The highest BCUT2D eigenvalue weighted by Gasteiger charge is 2.28. The van der Waals surface area contributed by atoms with E-state index in [1.807, 2.05) is 0 Å². The van der Waals surface area contributed by atoms with Crippen LogP contribution in [0.1, 0.15) is 50.0 Å². The fraction of sp³-hybridized carbons (Fsp3) is 0.692. The highest BCUT2D eigenvalue weighted by atomic mass is 16.4. The van der Waals surface area contributed by atoms with Crippen LogP contribution in [0.2, 0.25) is 0 Å². The zero-order valence-corrected chi connectivity index (χ0v) is 11.8. The molecule has 1 fully saturated rings. The Kier molecular flexibility index (Phi) is 4.06. The van der Waals surface area contributed by atoms with Crippen LogP contribution < -0.4 is 5.32 Å². The topological polar surface area (TPSA) is 97.1 Å². The molecular formula is C13H20N4O3. The van der Waals surface area contributed by atoms with Gasteiger partial charge in [0.2, 0.25) is 5.91 Å². The molecule has 20 heavy (non-hydrogen) atoms. The largest absolute Gasteiger partial charge is 0.476 e. The Balaban J connectivity index is 1.87. The number of amides is 1. The SMILES string of the molecule is CC1(C)CCCC(NC(=O)Cn2cc(C(=O)O)nn2)C1. The van der Waals surface area contributed by atoms with E-state index in [1.54, 1.807) is 0 Å². The third-order valence-electron chi connectivity index (χ3n) is 3.63. The molecule has 0 spiro atoms. The Labute approximate surface area is 117 Å². The lowest BCUT2D eigenvalue weighted by Crippen LogP contribution is -2.42. The molecule has 1 aromatic rings. The van der Waals surface area contributed by atoms with Crippen LogP contribution in [-0.2, 0) is 11.3 Å². The Hall–Kier alpha value is -1.92. The number of aromatic carboxylic acids is 1. The molecule has 2 N–H and O–H groups in total. The van der Waals surface area contributed by atoms with Crippen LogP contribution in [0.25, 0.3) is 0 Å². The lowest BCUT2D eigenvalue weighted by atomic mass is 9.75. The summed E-state index contributed by atoms with van der Waals surface area (Å²) in [4.78, 5) is 22.6. The van der Waals surface area contributed by atoms with Gasteiger partial charge in [0, 0.05) is 6.04 Å². The molecule has 0 saturated heterocycles. The molecule has 1 unspecified atom stereocenters. The summed E-state index contributed by atoms with van der Waals surface area (Å²) in [6.45, 7) is 4.42. The van der Waals surface area contributed by atoms with Crippen molar-refractivity contribution < 1.29 is 14.7 Å². The molecule has 7 heteroatoms. The fourth-order valence-electron chi connectivity index (χ4n) is 2.72. The highest BCUT2D eigenvalue weighted by molar-refractivity contribution is 5.84. The summed E-state index contributed by atoms with van der Waals surface area (Å²) in [5, 5.41) is 18.8. The number of aromatic nitrogens is 3. The van der Waals surface area contributed by atoms with E-state index in [4.69, 9.17) is 5.11 Å². The minimum absolute atomic E-state index is 0.00277. The van der Waals surface area contributed by atoms with Crippen molar-refractivity contribution in [3.05, 3.63) is 11.9 Å². The average Bonchev–Trinajstić information content (AvgIpc) is 2.75. The van der Waals surface area contributed by atoms with E-state index in [-0.39, 0.29) is 29.6 Å². The Morgan fingerprint density at radius 1 is 1.55 bits per heavy atom. The Morgan fingerprint density at radius 2 is 2.30 bits per heavy atom. The number of carbonyl (C=O) groups is 2. The predicted octanol–water partition coefficient (Wildman–Crippen LogP) is 1.06. The van der Waals surface area contributed by atoms with E-state index in [0.717, 1.165) is 19.3 Å². The molecule has 1 aliphatic carbocycles. The number of hydrogen-bond acceptors (Lipinski definition) is 4. The van der Waals surface area contributed by atoms with Gasteiger partial charge in [-0.25, -0.2) is 9.48 Å². The highest BCUT2D eigenvalue weighted by Crippen LogP contribution is 2.34. The van der Waals surface area contributed by atoms with Gasteiger partial charge in [-0.3, -0.25) is 4.79 Å². The first-order valence-corrected chi connectivity index (χ1v) is 6.78. The predicted molar refractivity (Wildman–Crippen MR) is 71.2 cm³/mol. The van der Waals surface area contributed by atoms with Crippen molar-refractivity contribution in [1.29, 1.82) is 0 Å². The summed E-state index contributed by atoms with van der Waals surface area (Å²) < 4.78 is 1.24. The maximum Gasteiger partial charge on any atom is 0.358 e. The van der Waals surface area contributed by atoms with Gasteiger partial charge < -0.3 is 10.4 Å². The van der Waals surface area contributed by atoms with Gasteiger partial charge >= 0.3 is 5.97 Å². The third kappa shape index (κ3) is 3.79. The van der Waals surface area contributed by atoms with Crippen LogP contribution >= 0.6 is 0 Å². The van der Waals surface area contributed by atoms with Crippen LogP contribution in [0.4, 0.5) is 0 Å². The standard InChI is InChI=1S/C13H20N4O3/c1-13(2)5-3-4-9(6-13)14-11(18)8-17-7-10(12(19)20)15-16-17/h7,9H,3-6,8H2,1-2H3,(H,14,18)(H,19,20). The number of carboxylic acid groups (broad SMARTS) is 1. The third-order valence-corrected chi connectivity index (χ3v) is 3.63. The quantitative estimate of drug-likeness (QED) is 0.859. The maximum absolute atomic E-state index is 11.9. The first kappa shape index (κ1) is 14.5. The fourth-order valence-corrected chi connectivity index (χ4v) is 2.72. The van der Waals surface area contributed by atoms with Gasteiger partial charge in [0.15, 0.2) is 5.69 Å². The summed E-state index contributed by atoms with van der Waals surface area (Å²) in [6, 6.07) is 0.189. The summed E-state index contributed by atoms with van der Waals surface area (Å²) in [7, 11) is 0. The molecule has 1 amide bonds. The molecule has 1 aromatic heterocycles. The van der Waals surface area contributed by atoms with Gasteiger partial charge in [-0.2, -0.15) is 0 Å². The number of nitrogens with zero attached hydrogens (tertiary/aromatic N) is 3. The zero-order chi connectivity index (χ0) is 14.8. The Morgan fingerprint density at radius 3 is 2.90 bits per heavy atom. The molecule has 0 aliphatic heterocycles. The lowest BCUT2D eigenvalue weighted by Gasteiger charge is -2.35. The van der Waals surface area contributed by atoms with E-state index in [9.17, 15) is 9.59 Å². The second kappa shape index (κ2) is 5.60. The second-order valence-electron chi connectivity index (χ2n) is 6.13. The van der Waals surface area contributed by atoms with Crippen LogP contribution in [0.15, 0.2) is 6.20 Å². The second-order valence-corrected chi connectivity index (χ2v) is 6.13. The van der Waals surface area contributed by atoms with E-state index in [2.05, 4.69) is 29.5 Å². The van der Waals surface area contributed by atoms with Crippen molar-refractivity contribution >= 4 is 11.9 Å². The number of nitrogens with one attached hydrogen (secondary N) is 1. The smallest absolute Gasteiger partial charge is 0.358 e. The van der Waals surface area contributed by atoms with Crippen molar-refractivity contribution in [2.45, 2.75) is 52.1 Å². The molecule has 1 atom stereocenters. The van der Waals surface area contributed by atoms with Gasteiger partial charge in [0.1, 0.15) is 6.54 Å². The van der Waals surface area contributed by atoms with Gasteiger partial charge in [0.05, 0.1) is 6.20 Å². The first-order chi connectivity index (χ1) is 9.35. The van der Waals surface area contributed by atoms with Crippen molar-refractivity contribution in [3.63, 3.8) is 0 Å². The van der Waals surface area contributed by atoms with E-state index in [0.29, 0.717) is 0 Å². The first-order valence-electron chi connectivity index (χ1n) is 6.78. The molecule has 0 bridgehead atoms. The molecule has 1 heterocycles. The van der Waals surface area contributed by atoms with Crippen molar-refractivity contribution in [3.8, 4) is 0 Å². The molecule has 0 radical (unpaired) electrons. The normalized spacial score (nSPS) is 21.4. The van der Waals surface area contributed by atoms with Crippen LogP contribution in [-0.4, -0.2) is 38.0 Å².